The Labute approximate surface area is 111 Å². The van der Waals surface area contributed by atoms with Crippen LogP contribution in [0, 0.1) is 0 Å². The van der Waals surface area contributed by atoms with Gasteiger partial charge in [0.05, 0.1) is 5.69 Å². The molecule has 0 saturated carbocycles. The molecule has 94 valence electrons. The zero-order chi connectivity index (χ0) is 13.1. The summed E-state index contributed by atoms with van der Waals surface area (Å²) in [4.78, 5) is 16.8. The molecule has 0 atom stereocenters. The molecule has 0 spiro atoms. The highest BCUT2D eigenvalue weighted by atomic mass is 16.7. The lowest BCUT2D eigenvalue weighted by Gasteiger charge is -2.18. The van der Waals surface area contributed by atoms with Crippen LogP contribution < -0.4 is 5.06 Å². The van der Waals surface area contributed by atoms with E-state index in [-0.39, 0.29) is 0 Å². The molecule has 1 aliphatic heterocycles. The van der Waals surface area contributed by atoms with Gasteiger partial charge in [-0.2, -0.15) is 0 Å². The number of benzene rings is 2. The molecule has 1 heterocycles. The summed E-state index contributed by atoms with van der Waals surface area (Å²) in [5, 5.41) is 1.59. The third-order valence-corrected chi connectivity index (χ3v) is 3.13. The molecule has 19 heavy (non-hydrogen) atoms. The van der Waals surface area contributed by atoms with Gasteiger partial charge in [0.2, 0.25) is 0 Å². The maximum absolute atomic E-state index is 11.0. The van der Waals surface area contributed by atoms with Crippen molar-refractivity contribution in [3.63, 3.8) is 0 Å². The summed E-state index contributed by atoms with van der Waals surface area (Å²) in [6.45, 7) is 0.431. The van der Waals surface area contributed by atoms with Crippen LogP contribution in [-0.2, 0) is 22.7 Å². The monoisotopic (exact) mass is 251 g/mol. The Bertz CT molecular complexity index is 630. The van der Waals surface area contributed by atoms with E-state index in [1.807, 2.05) is 60.5 Å². The summed E-state index contributed by atoms with van der Waals surface area (Å²) in [6.07, 6.45) is 0.578. The number of fused-ring (bicyclic) bond motifs is 1. The number of rotatable bonds is 3. The molecule has 0 unspecified atom stereocenters. The van der Waals surface area contributed by atoms with Crippen molar-refractivity contribution in [3.05, 3.63) is 71.4 Å². The van der Waals surface area contributed by atoms with E-state index >= 15 is 0 Å². The molecular formula is C16H13NO2. The quantitative estimate of drug-likeness (QED) is 0.785. The lowest BCUT2D eigenvalue weighted by molar-refractivity contribution is 0.115. The van der Waals surface area contributed by atoms with Crippen molar-refractivity contribution in [1.82, 2.24) is 0 Å². The van der Waals surface area contributed by atoms with E-state index in [0.29, 0.717) is 18.7 Å². The van der Waals surface area contributed by atoms with Gasteiger partial charge in [-0.05, 0) is 17.2 Å². The van der Waals surface area contributed by atoms with E-state index in [0.717, 1.165) is 16.8 Å². The molecule has 2 aromatic rings. The number of allylic oxidation sites excluding steroid dienone is 1. The number of hydrogen-bond donors (Lipinski definition) is 0. The molecular weight excluding hydrogens is 238 g/mol. The van der Waals surface area contributed by atoms with Crippen LogP contribution in [0.15, 0.2) is 60.3 Å². The van der Waals surface area contributed by atoms with Gasteiger partial charge in [-0.1, -0.05) is 48.5 Å². The summed E-state index contributed by atoms with van der Waals surface area (Å²) >= 11 is 0. The van der Waals surface area contributed by atoms with Gasteiger partial charge >= 0.3 is 0 Å². The van der Waals surface area contributed by atoms with Gasteiger partial charge in [0.25, 0.3) is 0 Å². The Kier molecular flexibility index (Phi) is 3.15. The van der Waals surface area contributed by atoms with Crippen LogP contribution in [-0.4, -0.2) is 5.94 Å². The maximum atomic E-state index is 11.0. The van der Waals surface area contributed by atoms with Gasteiger partial charge < -0.3 is 0 Å². The molecule has 3 rings (SSSR count). The Morgan fingerprint density at radius 3 is 2.58 bits per heavy atom. The molecule has 1 aliphatic rings. The molecule has 0 aliphatic carbocycles. The SMILES string of the molecule is O=C=C1Cc2ccccc2N1OCc1ccccc1. The van der Waals surface area contributed by atoms with Crippen molar-refractivity contribution in [2.75, 3.05) is 5.06 Å². The van der Waals surface area contributed by atoms with Crippen molar-refractivity contribution in [3.8, 4) is 0 Å². The molecule has 0 N–H and O–H groups in total. The molecule has 3 nitrogen and oxygen atoms in total. The van der Waals surface area contributed by atoms with E-state index in [1.54, 1.807) is 5.06 Å². The number of para-hydroxylation sites is 1. The normalized spacial score (nSPS) is 13.3. The third-order valence-electron chi connectivity index (χ3n) is 3.13. The van der Waals surface area contributed by atoms with Crippen LogP contribution in [0.3, 0.4) is 0 Å². The highest BCUT2D eigenvalue weighted by Gasteiger charge is 2.25. The molecule has 0 bridgehead atoms. The van der Waals surface area contributed by atoms with Crippen LogP contribution in [0.5, 0.6) is 0 Å². The van der Waals surface area contributed by atoms with Gasteiger partial charge in [-0.25, -0.2) is 9.86 Å². The van der Waals surface area contributed by atoms with Gasteiger partial charge in [0.15, 0.2) is 0 Å². The predicted octanol–water partition coefficient (Wildman–Crippen LogP) is 2.90. The zero-order valence-corrected chi connectivity index (χ0v) is 10.4. The first-order valence-corrected chi connectivity index (χ1v) is 6.17. The molecule has 0 radical (unpaired) electrons. The number of carbonyl (C=O) groups excluding carboxylic acids is 1. The van der Waals surface area contributed by atoms with Gasteiger partial charge in [0.1, 0.15) is 18.2 Å². The summed E-state index contributed by atoms with van der Waals surface area (Å²) in [5.74, 6) is 1.96. The van der Waals surface area contributed by atoms with Crippen molar-refractivity contribution in [2.45, 2.75) is 13.0 Å². The van der Waals surface area contributed by atoms with E-state index in [9.17, 15) is 4.79 Å². The van der Waals surface area contributed by atoms with Crippen molar-refractivity contribution < 1.29 is 9.63 Å². The van der Waals surface area contributed by atoms with E-state index in [4.69, 9.17) is 4.84 Å². The van der Waals surface area contributed by atoms with E-state index < -0.39 is 0 Å². The second kappa shape index (κ2) is 5.11. The molecule has 2 aromatic carbocycles. The Morgan fingerprint density at radius 1 is 1.05 bits per heavy atom. The van der Waals surface area contributed by atoms with Crippen LogP contribution >= 0.6 is 0 Å². The average molecular weight is 251 g/mol. The van der Waals surface area contributed by atoms with Gasteiger partial charge in [-0.15, -0.1) is 0 Å². The summed E-state index contributed by atoms with van der Waals surface area (Å²) in [5.41, 5.74) is 3.61. The molecule has 0 fully saturated rings. The van der Waals surface area contributed by atoms with Crippen LogP contribution in [0.2, 0.25) is 0 Å². The summed E-state index contributed by atoms with van der Waals surface area (Å²) < 4.78 is 0. The first kappa shape index (κ1) is 11.7. The lowest BCUT2D eigenvalue weighted by atomic mass is 10.1. The first-order valence-electron chi connectivity index (χ1n) is 6.17. The molecule has 3 heteroatoms. The zero-order valence-electron chi connectivity index (χ0n) is 10.4. The Hall–Kier alpha value is -2.35. The minimum Gasteiger partial charge on any atom is -0.263 e. The lowest BCUT2D eigenvalue weighted by Crippen LogP contribution is -2.19. The number of hydrogen-bond acceptors (Lipinski definition) is 3. The molecule has 0 aromatic heterocycles. The number of hydroxylamine groups is 1. The third kappa shape index (κ3) is 2.29. The fourth-order valence-corrected chi connectivity index (χ4v) is 2.19. The van der Waals surface area contributed by atoms with Crippen LogP contribution in [0.4, 0.5) is 5.69 Å². The van der Waals surface area contributed by atoms with Gasteiger partial charge in [-0.3, -0.25) is 4.84 Å². The minimum absolute atomic E-state index is 0.431. The predicted molar refractivity (Wildman–Crippen MR) is 73.1 cm³/mol. The molecule has 0 amide bonds. The van der Waals surface area contributed by atoms with Crippen LogP contribution in [0.25, 0.3) is 0 Å². The number of nitrogens with zero attached hydrogens (tertiary/aromatic N) is 1. The average Bonchev–Trinajstić information content (AvgIpc) is 2.84. The topological polar surface area (TPSA) is 29.5 Å². The second-order valence-electron chi connectivity index (χ2n) is 4.41. The fraction of sp³-hybridized carbons (Fsp3) is 0.125. The van der Waals surface area contributed by atoms with Gasteiger partial charge in [0, 0.05) is 6.42 Å². The first-order chi connectivity index (χ1) is 9.38. The fourth-order valence-electron chi connectivity index (χ4n) is 2.19. The Balaban J connectivity index is 1.81. The number of anilines is 1. The van der Waals surface area contributed by atoms with Crippen molar-refractivity contribution in [2.24, 2.45) is 0 Å². The summed E-state index contributed by atoms with van der Waals surface area (Å²) in [7, 11) is 0. The maximum Gasteiger partial charge on any atom is 0.148 e. The molecule has 0 saturated heterocycles. The summed E-state index contributed by atoms with van der Waals surface area (Å²) in [6, 6.07) is 17.7. The van der Waals surface area contributed by atoms with Crippen molar-refractivity contribution in [1.29, 1.82) is 0 Å². The Morgan fingerprint density at radius 2 is 1.79 bits per heavy atom. The minimum atomic E-state index is 0.431. The highest BCUT2D eigenvalue weighted by molar-refractivity contribution is 5.71. The standard InChI is InChI=1S/C16H13NO2/c18-11-15-10-14-8-4-5-9-16(14)17(15)19-12-13-6-2-1-3-7-13/h1-9H,10,12H2. The highest BCUT2D eigenvalue weighted by Crippen LogP contribution is 2.33. The smallest absolute Gasteiger partial charge is 0.148 e. The van der Waals surface area contributed by atoms with Crippen LogP contribution in [0.1, 0.15) is 11.1 Å². The van der Waals surface area contributed by atoms with E-state index in [2.05, 4.69) is 0 Å². The van der Waals surface area contributed by atoms with E-state index in [1.165, 1.54) is 0 Å². The largest absolute Gasteiger partial charge is 0.263 e. The van der Waals surface area contributed by atoms with Crippen molar-refractivity contribution >= 4 is 11.6 Å². The second-order valence-corrected chi connectivity index (χ2v) is 4.41.